The van der Waals surface area contributed by atoms with E-state index in [1.165, 1.54) is 16.4 Å². The summed E-state index contributed by atoms with van der Waals surface area (Å²) < 4.78 is 8.20. The van der Waals surface area contributed by atoms with E-state index in [1.54, 1.807) is 29.0 Å². The molecule has 0 bridgehead atoms. The predicted octanol–water partition coefficient (Wildman–Crippen LogP) is 1.14. The Kier molecular flexibility index (Phi) is 4.79. The van der Waals surface area contributed by atoms with Gasteiger partial charge >= 0.3 is 0 Å². The van der Waals surface area contributed by atoms with Crippen LogP contribution >= 0.6 is 11.8 Å². The lowest BCUT2D eigenvalue weighted by molar-refractivity contribution is -0.127. The Morgan fingerprint density at radius 3 is 2.84 bits per heavy atom. The molecule has 0 aliphatic rings. The topological polar surface area (TPSA) is 108 Å². The Morgan fingerprint density at radius 1 is 1.40 bits per heavy atom. The summed E-state index contributed by atoms with van der Waals surface area (Å²) in [5.74, 6) is 7.33. The molecule has 1 amide bonds. The van der Waals surface area contributed by atoms with Gasteiger partial charge in [-0.05, 0) is 32.0 Å². The number of hydrogen-bond acceptors (Lipinski definition) is 7. The fourth-order valence-electron chi connectivity index (χ4n) is 2.30. The van der Waals surface area contributed by atoms with E-state index in [4.69, 9.17) is 10.3 Å². The summed E-state index contributed by atoms with van der Waals surface area (Å²) in [6.07, 6.45) is 1.58. The van der Waals surface area contributed by atoms with Crippen molar-refractivity contribution in [1.29, 1.82) is 0 Å². The van der Waals surface area contributed by atoms with Crippen LogP contribution in [-0.2, 0) is 11.3 Å². The first-order valence-corrected chi connectivity index (χ1v) is 8.57. The number of amides is 1. The summed E-state index contributed by atoms with van der Waals surface area (Å²) in [5.41, 5.74) is 1.77. The highest BCUT2D eigenvalue weighted by Crippen LogP contribution is 2.18. The van der Waals surface area contributed by atoms with Gasteiger partial charge in [0, 0.05) is 12.7 Å². The highest BCUT2D eigenvalue weighted by atomic mass is 32.2. The minimum absolute atomic E-state index is 0.0583. The number of carbonyl (C=O) groups excluding carboxylic acids is 1. The summed E-state index contributed by atoms with van der Waals surface area (Å²) in [6, 6.07) is 5.54. The molecule has 0 atom stereocenters. The predicted molar refractivity (Wildman–Crippen MR) is 92.7 cm³/mol. The molecule has 2 N–H and O–H groups in total. The average Bonchev–Trinajstić information content (AvgIpc) is 3.27. The number of carbonyl (C=O) groups is 1. The average molecular weight is 361 g/mol. The number of nitrogens with zero attached hydrogens (tertiary/aromatic N) is 6. The van der Waals surface area contributed by atoms with Crippen molar-refractivity contribution >= 4 is 17.7 Å². The van der Waals surface area contributed by atoms with Crippen molar-refractivity contribution in [3.63, 3.8) is 0 Å². The molecular weight excluding hydrogens is 342 g/mol. The van der Waals surface area contributed by atoms with Gasteiger partial charge in [0.2, 0.25) is 11.1 Å². The molecule has 0 fully saturated rings. The van der Waals surface area contributed by atoms with Crippen molar-refractivity contribution in [3.8, 4) is 5.95 Å². The number of aromatic nitrogens is 5. The molecule has 0 aliphatic heterocycles. The smallest absolute Gasteiger partial charge is 0.271 e. The van der Waals surface area contributed by atoms with Gasteiger partial charge < -0.3 is 15.2 Å². The molecule has 3 aromatic rings. The van der Waals surface area contributed by atoms with E-state index in [0.717, 1.165) is 17.1 Å². The summed E-state index contributed by atoms with van der Waals surface area (Å²) in [5, 5.41) is 12.9. The summed E-state index contributed by atoms with van der Waals surface area (Å²) >= 11 is 1.23. The molecular formula is C15H19N7O2S. The van der Waals surface area contributed by atoms with E-state index in [-0.39, 0.29) is 11.7 Å². The zero-order valence-corrected chi connectivity index (χ0v) is 15.0. The van der Waals surface area contributed by atoms with Gasteiger partial charge in [-0.2, -0.15) is 5.10 Å². The van der Waals surface area contributed by atoms with Gasteiger partial charge in [-0.25, -0.2) is 9.36 Å². The van der Waals surface area contributed by atoms with Crippen LogP contribution in [0, 0.1) is 13.8 Å². The SMILES string of the molecule is Cc1cc(C)n(-c2nnc(SCC(=O)N(C)Cc3ccco3)n2N)n1. The van der Waals surface area contributed by atoms with Crippen LogP contribution < -0.4 is 5.84 Å². The van der Waals surface area contributed by atoms with E-state index in [2.05, 4.69) is 15.3 Å². The van der Waals surface area contributed by atoms with Gasteiger partial charge in [0.05, 0.1) is 24.3 Å². The lowest BCUT2D eigenvalue weighted by Gasteiger charge is -2.15. The standard InChI is InChI=1S/C15H19N7O2S/c1-10-7-11(2)22(19-10)14-17-18-15(21(14)16)25-9-13(23)20(3)8-12-5-4-6-24-12/h4-7H,8-9,16H2,1-3H3. The Labute approximate surface area is 148 Å². The number of thioether (sulfide) groups is 1. The monoisotopic (exact) mass is 361 g/mol. The zero-order valence-electron chi connectivity index (χ0n) is 14.2. The number of nitrogens with two attached hydrogens (primary N) is 1. The number of aryl methyl sites for hydroxylation is 2. The molecule has 3 heterocycles. The molecule has 0 saturated carbocycles. The lowest BCUT2D eigenvalue weighted by atomic mass is 10.4. The van der Waals surface area contributed by atoms with E-state index in [0.29, 0.717) is 17.6 Å². The molecule has 3 aromatic heterocycles. The molecule has 25 heavy (non-hydrogen) atoms. The van der Waals surface area contributed by atoms with Crippen molar-refractivity contribution in [2.75, 3.05) is 18.6 Å². The maximum atomic E-state index is 12.2. The molecule has 9 nitrogen and oxygen atoms in total. The van der Waals surface area contributed by atoms with Crippen LogP contribution in [0.25, 0.3) is 5.95 Å². The summed E-state index contributed by atoms with van der Waals surface area (Å²) in [4.78, 5) is 13.8. The van der Waals surface area contributed by atoms with Crippen LogP contribution in [0.4, 0.5) is 0 Å². The second-order valence-corrected chi connectivity index (χ2v) is 6.55. The van der Waals surface area contributed by atoms with Gasteiger partial charge in [0.25, 0.3) is 5.95 Å². The number of furan rings is 1. The minimum atomic E-state index is -0.0583. The fourth-order valence-corrected chi connectivity index (χ4v) is 3.10. The number of nitrogen functional groups attached to an aromatic ring is 1. The molecule has 10 heteroatoms. The molecule has 0 unspecified atom stereocenters. The largest absolute Gasteiger partial charge is 0.467 e. The Hall–Kier alpha value is -2.75. The normalized spacial score (nSPS) is 11.0. The number of rotatable bonds is 6. The van der Waals surface area contributed by atoms with Gasteiger partial charge in [0.1, 0.15) is 5.76 Å². The van der Waals surface area contributed by atoms with Crippen LogP contribution in [0.3, 0.4) is 0 Å². The first-order chi connectivity index (χ1) is 12.0. The van der Waals surface area contributed by atoms with Gasteiger partial charge in [0.15, 0.2) is 0 Å². The Bertz CT molecular complexity index is 869. The molecule has 0 aliphatic carbocycles. The van der Waals surface area contributed by atoms with E-state index >= 15 is 0 Å². The van der Waals surface area contributed by atoms with E-state index in [1.807, 2.05) is 26.0 Å². The van der Waals surface area contributed by atoms with Crippen molar-refractivity contribution in [3.05, 3.63) is 41.6 Å². The van der Waals surface area contributed by atoms with Gasteiger partial charge in [-0.1, -0.05) is 11.8 Å². The maximum Gasteiger partial charge on any atom is 0.271 e. The maximum absolute atomic E-state index is 12.2. The highest BCUT2D eigenvalue weighted by Gasteiger charge is 2.17. The van der Waals surface area contributed by atoms with Crippen molar-refractivity contribution in [2.45, 2.75) is 25.5 Å². The molecule has 3 rings (SSSR count). The van der Waals surface area contributed by atoms with Crippen LogP contribution in [0.15, 0.2) is 34.0 Å². The quantitative estimate of drug-likeness (QED) is 0.518. The second-order valence-electron chi connectivity index (χ2n) is 5.61. The summed E-state index contributed by atoms with van der Waals surface area (Å²) in [6.45, 7) is 4.22. The highest BCUT2D eigenvalue weighted by molar-refractivity contribution is 7.99. The van der Waals surface area contributed by atoms with Gasteiger partial charge in [-0.3, -0.25) is 4.79 Å². The zero-order chi connectivity index (χ0) is 18.0. The third-order valence-electron chi connectivity index (χ3n) is 3.57. The van der Waals surface area contributed by atoms with Crippen molar-refractivity contribution in [2.24, 2.45) is 0 Å². The molecule has 0 aromatic carbocycles. The third-order valence-corrected chi connectivity index (χ3v) is 4.50. The number of hydrogen-bond donors (Lipinski definition) is 1. The lowest BCUT2D eigenvalue weighted by Crippen LogP contribution is -2.28. The van der Waals surface area contributed by atoms with Gasteiger partial charge in [-0.15, -0.1) is 10.2 Å². The van der Waals surface area contributed by atoms with Crippen LogP contribution in [-0.4, -0.2) is 48.3 Å². The first-order valence-electron chi connectivity index (χ1n) is 7.59. The van der Waals surface area contributed by atoms with Crippen LogP contribution in [0.2, 0.25) is 0 Å². The molecule has 132 valence electrons. The van der Waals surface area contributed by atoms with Crippen molar-refractivity contribution in [1.82, 2.24) is 29.6 Å². The summed E-state index contributed by atoms with van der Waals surface area (Å²) in [7, 11) is 1.72. The van der Waals surface area contributed by atoms with E-state index in [9.17, 15) is 4.79 Å². The van der Waals surface area contributed by atoms with Crippen molar-refractivity contribution < 1.29 is 9.21 Å². The Balaban J connectivity index is 1.64. The minimum Gasteiger partial charge on any atom is -0.467 e. The fraction of sp³-hybridized carbons (Fsp3) is 0.333. The van der Waals surface area contributed by atoms with Crippen LogP contribution in [0.5, 0.6) is 0 Å². The molecule has 0 radical (unpaired) electrons. The Morgan fingerprint density at radius 2 is 2.20 bits per heavy atom. The first kappa shape index (κ1) is 17.1. The van der Waals surface area contributed by atoms with Crippen LogP contribution in [0.1, 0.15) is 17.1 Å². The van der Waals surface area contributed by atoms with E-state index < -0.39 is 0 Å². The molecule has 0 spiro atoms. The third kappa shape index (κ3) is 3.68. The second kappa shape index (κ2) is 7.01. The molecule has 0 saturated heterocycles.